The maximum absolute atomic E-state index is 10.3. The quantitative estimate of drug-likeness (QED) is 0.674. The first kappa shape index (κ1) is 9.96. The molecule has 0 saturated heterocycles. The monoisotopic (exact) mass is 155 g/mol. The van der Waals surface area contributed by atoms with Gasteiger partial charge in [0.25, 0.3) is 0 Å². The summed E-state index contributed by atoms with van der Waals surface area (Å²) in [6, 6.07) is 2.05. The second-order valence-electron chi connectivity index (χ2n) is 3.41. The molecule has 0 aliphatic heterocycles. The van der Waals surface area contributed by atoms with Crippen LogP contribution in [0.4, 0.5) is 0 Å². The van der Waals surface area contributed by atoms with Crippen molar-refractivity contribution in [3.63, 3.8) is 0 Å². The van der Waals surface area contributed by atoms with Crippen molar-refractivity contribution in [1.82, 2.24) is 0 Å². The lowest BCUT2D eigenvalue weighted by molar-refractivity contribution is -0.139. The van der Waals surface area contributed by atoms with Gasteiger partial charge in [0, 0.05) is 5.92 Å². The molecular formula is C8H13NO2. The molecule has 1 N–H and O–H groups in total. The van der Waals surface area contributed by atoms with Gasteiger partial charge in [-0.1, -0.05) is 13.8 Å². The molecule has 1 unspecified atom stereocenters. The number of carboxylic acids is 1. The summed E-state index contributed by atoms with van der Waals surface area (Å²) < 4.78 is 0. The van der Waals surface area contributed by atoms with Gasteiger partial charge in [0.15, 0.2) is 0 Å². The zero-order valence-electron chi connectivity index (χ0n) is 7.09. The zero-order valence-corrected chi connectivity index (χ0v) is 7.09. The van der Waals surface area contributed by atoms with E-state index in [0.717, 1.165) is 0 Å². The van der Waals surface area contributed by atoms with Crippen LogP contribution >= 0.6 is 0 Å². The molecule has 0 fully saturated rings. The number of aliphatic carboxylic acids is 1. The average Bonchev–Trinajstić information content (AvgIpc) is 1.83. The third-order valence-corrected chi connectivity index (χ3v) is 1.97. The summed E-state index contributed by atoms with van der Waals surface area (Å²) in [6.45, 7) is 5.31. The summed E-state index contributed by atoms with van der Waals surface area (Å²) in [5, 5.41) is 17.0. The molecule has 0 saturated carbocycles. The Bertz CT molecular complexity index is 191. The number of rotatable bonds is 3. The average molecular weight is 155 g/mol. The van der Waals surface area contributed by atoms with Crippen molar-refractivity contribution >= 4 is 5.97 Å². The molecule has 3 nitrogen and oxygen atoms in total. The van der Waals surface area contributed by atoms with Gasteiger partial charge in [-0.2, -0.15) is 5.26 Å². The smallest absolute Gasteiger partial charge is 0.303 e. The van der Waals surface area contributed by atoms with Crippen molar-refractivity contribution in [1.29, 1.82) is 5.26 Å². The van der Waals surface area contributed by atoms with Crippen molar-refractivity contribution in [3.05, 3.63) is 0 Å². The lowest BCUT2D eigenvalue weighted by atomic mass is 9.78. The molecule has 0 aromatic heterocycles. The Balaban J connectivity index is 4.23. The van der Waals surface area contributed by atoms with Gasteiger partial charge in [-0.25, -0.2) is 0 Å². The standard InChI is InChI=1S/C8H13NO2/c1-6(5-9)8(2,3)4-7(10)11/h6H,4H2,1-3H3,(H,10,11). The van der Waals surface area contributed by atoms with Crippen molar-refractivity contribution in [3.8, 4) is 6.07 Å². The molecule has 0 aliphatic carbocycles. The molecular weight excluding hydrogens is 142 g/mol. The maximum atomic E-state index is 10.3. The topological polar surface area (TPSA) is 61.1 Å². The lowest BCUT2D eigenvalue weighted by Gasteiger charge is -2.24. The molecule has 3 heteroatoms. The SMILES string of the molecule is CC(C#N)C(C)(C)CC(=O)O. The zero-order chi connectivity index (χ0) is 9.07. The van der Waals surface area contributed by atoms with E-state index < -0.39 is 11.4 Å². The van der Waals surface area contributed by atoms with Crippen LogP contribution in [-0.2, 0) is 4.79 Å². The van der Waals surface area contributed by atoms with Gasteiger partial charge >= 0.3 is 5.97 Å². The van der Waals surface area contributed by atoms with E-state index in [2.05, 4.69) is 0 Å². The van der Waals surface area contributed by atoms with Crippen LogP contribution < -0.4 is 0 Å². The molecule has 0 spiro atoms. The van der Waals surface area contributed by atoms with Crippen LogP contribution in [0.1, 0.15) is 27.2 Å². The highest BCUT2D eigenvalue weighted by Gasteiger charge is 2.28. The third kappa shape index (κ3) is 3.03. The highest BCUT2D eigenvalue weighted by molar-refractivity contribution is 5.67. The number of hydrogen-bond acceptors (Lipinski definition) is 2. The van der Waals surface area contributed by atoms with Gasteiger partial charge in [0.05, 0.1) is 12.5 Å². The van der Waals surface area contributed by atoms with Crippen LogP contribution in [0, 0.1) is 22.7 Å². The minimum Gasteiger partial charge on any atom is -0.481 e. The van der Waals surface area contributed by atoms with E-state index in [0.29, 0.717) is 0 Å². The van der Waals surface area contributed by atoms with E-state index in [1.54, 1.807) is 20.8 Å². The summed E-state index contributed by atoms with van der Waals surface area (Å²) in [6.07, 6.45) is 0.0434. The van der Waals surface area contributed by atoms with E-state index in [1.807, 2.05) is 6.07 Å². The number of carbonyl (C=O) groups is 1. The van der Waals surface area contributed by atoms with Gasteiger partial charge in [0.2, 0.25) is 0 Å². The molecule has 0 amide bonds. The molecule has 0 aromatic rings. The maximum Gasteiger partial charge on any atom is 0.303 e. The Hall–Kier alpha value is -1.04. The van der Waals surface area contributed by atoms with E-state index in [-0.39, 0.29) is 12.3 Å². The Labute approximate surface area is 66.6 Å². The van der Waals surface area contributed by atoms with E-state index in [1.165, 1.54) is 0 Å². The number of nitrogens with zero attached hydrogens (tertiary/aromatic N) is 1. The van der Waals surface area contributed by atoms with Crippen LogP contribution in [0.5, 0.6) is 0 Å². The molecule has 11 heavy (non-hydrogen) atoms. The van der Waals surface area contributed by atoms with Gasteiger partial charge < -0.3 is 5.11 Å². The number of carboxylic acid groups (broad SMARTS) is 1. The Morgan fingerprint density at radius 1 is 1.73 bits per heavy atom. The van der Waals surface area contributed by atoms with Crippen LogP contribution in [0.15, 0.2) is 0 Å². The Morgan fingerprint density at radius 2 is 2.18 bits per heavy atom. The first-order valence-electron chi connectivity index (χ1n) is 3.51. The molecule has 0 radical (unpaired) electrons. The van der Waals surface area contributed by atoms with Gasteiger partial charge in [0.1, 0.15) is 0 Å². The van der Waals surface area contributed by atoms with Crippen LogP contribution in [0.2, 0.25) is 0 Å². The van der Waals surface area contributed by atoms with E-state index in [4.69, 9.17) is 10.4 Å². The minimum absolute atomic E-state index is 0.0434. The van der Waals surface area contributed by atoms with Crippen molar-refractivity contribution in [2.45, 2.75) is 27.2 Å². The van der Waals surface area contributed by atoms with Crippen molar-refractivity contribution < 1.29 is 9.90 Å². The summed E-state index contributed by atoms with van der Waals surface area (Å²) in [5.41, 5.74) is -0.430. The Morgan fingerprint density at radius 3 is 2.45 bits per heavy atom. The summed E-state index contributed by atoms with van der Waals surface area (Å²) >= 11 is 0. The predicted molar refractivity (Wildman–Crippen MR) is 40.8 cm³/mol. The normalized spacial score (nSPS) is 13.6. The first-order valence-corrected chi connectivity index (χ1v) is 3.51. The van der Waals surface area contributed by atoms with E-state index >= 15 is 0 Å². The lowest BCUT2D eigenvalue weighted by Crippen LogP contribution is -2.23. The van der Waals surface area contributed by atoms with Crippen molar-refractivity contribution in [2.75, 3.05) is 0 Å². The van der Waals surface area contributed by atoms with Crippen LogP contribution in [0.3, 0.4) is 0 Å². The van der Waals surface area contributed by atoms with Crippen LogP contribution in [-0.4, -0.2) is 11.1 Å². The summed E-state index contributed by atoms with van der Waals surface area (Å²) in [5.74, 6) is -1.07. The van der Waals surface area contributed by atoms with Gasteiger partial charge in [-0.3, -0.25) is 4.79 Å². The highest BCUT2D eigenvalue weighted by Crippen LogP contribution is 2.29. The van der Waals surface area contributed by atoms with Gasteiger partial charge in [-0.15, -0.1) is 0 Å². The van der Waals surface area contributed by atoms with Crippen LogP contribution in [0.25, 0.3) is 0 Å². The predicted octanol–water partition coefficient (Wildman–Crippen LogP) is 1.65. The third-order valence-electron chi connectivity index (χ3n) is 1.97. The largest absolute Gasteiger partial charge is 0.481 e. The molecule has 0 aromatic carbocycles. The summed E-state index contributed by atoms with van der Waals surface area (Å²) in [4.78, 5) is 10.3. The highest BCUT2D eigenvalue weighted by atomic mass is 16.4. The first-order chi connectivity index (χ1) is 4.90. The van der Waals surface area contributed by atoms with Crippen molar-refractivity contribution in [2.24, 2.45) is 11.3 Å². The molecule has 0 rings (SSSR count). The second-order valence-corrected chi connectivity index (χ2v) is 3.41. The number of nitriles is 1. The molecule has 0 heterocycles. The number of hydrogen-bond donors (Lipinski definition) is 1. The minimum atomic E-state index is -0.850. The van der Waals surface area contributed by atoms with Gasteiger partial charge in [-0.05, 0) is 12.3 Å². The molecule has 62 valence electrons. The molecule has 0 aliphatic rings. The second kappa shape index (κ2) is 3.38. The van der Waals surface area contributed by atoms with E-state index in [9.17, 15) is 4.79 Å². The fourth-order valence-corrected chi connectivity index (χ4v) is 0.718. The molecule has 0 bridgehead atoms. The molecule has 1 atom stereocenters. The summed E-state index contributed by atoms with van der Waals surface area (Å²) in [7, 11) is 0. The Kier molecular flexibility index (Phi) is 3.06. The fraction of sp³-hybridized carbons (Fsp3) is 0.750. The fourth-order valence-electron chi connectivity index (χ4n) is 0.718.